The first-order chi connectivity index (χ1) is 9.06. The monoisotopic (exact) mass is 399 g/mol. The van der Waals surface area contributed by atoms with E-state index in [-0.39, 0.29) is 5.91 Å². The Morgan fingerprint density at radius 2 is 1.63 bits per heavy atom. The second kappa shape index (κ2) is 6.59. The second-order valence-electron chi connectivity index (χ2n) is 3.99. The standard InChI is InChI=1S/C14H11Br2NOS/c15-11-2-1-3-12(16)14(11)17-13(18)8-9-4-6-10(19)7-5-9/h1-7,19H,8H2,(H,17,18). The van der Waals surface area contributed by atoms with Gasteiger partial charge >= 0.3 is 0 Å². The molecule has 2 aromatic rings. The van der Waals surface area contributed by atoms with E-state index >= 15 is 0 Å². The van der Waals surface area contributed by atoms with Gasteiger partial charge in [0.1, 0.15) is 0 Å². The Morgan fingerprint density at radius 1 is 1.05 bits per heavy atom. The van der Waals surface area contributed by atoms with Crippen molar-refractivity contribution in [1.29, 1.82) is 0 Å². The van der Waals surface area contributed by atoms with Gasteiger partial charge in [-0.15, -0.1) is 12.6 Å². The molecule has 0 unspecified atom stereocenters. The molecule has 0 aliphatic rings. The minimum absolute atomic E-state index is 0.0560. The zero-order chi connectivity index (χ0) is 13.8. The van der Waals surface area contributed by atoms with E-state index in [0.717, 1.165) is 25.1 Å². The van der Waals surface area contributed by atoms with Crippen LogP contribution in [0, 0.1) is 0 Å². The number of rotatable bonds is 3. The molecule has 0 saturated heterocycles. The lowest BCUT2D eigenvalue weighted by Crippen LogP contribution is -2.15. The number of hydrogen-bond acceptors (Lipinski definition) is 2. The van der Waals surface area contributed by atoms with Gasteiger partial charge in [0.05, 0.1) is 12.1 Å². The van der Waals surface area contributed by atoms with Gasteiger partial charge in [0.2, 0.25) is 5.91 Å². The number of amides is 1. The van der Waals surface area contributed by atoms with E-state index in [9.17, 15) is 4.79 Å². The Morgan fingerprint density at radius 3 is 2.21 bits per heavy atom. The molecular weight excluding hydrogens is 390 g/mol. The van der Waals surface area contributed by atoms with Crippen molar-refractivity contribution >= 4 is 56.1 Å². The SMILES string of the molecule is O=C(Cc1ccc(S)cc1)Nc1c(Br)cccc1Br. The van der Waals surface area contributed by atoms with Crippen LogP contribution < -0.4 is 5.32 Å². The van der Waals surface area contributed by atoms with Crippen LogP contribution in [0.5, 0.6) is 0 Å². The molecule has 1 amide bonds. The van der Waals surface area contributed by atoms with Crippen LogP contribution in [-0.2, 0) is 11.2 Å². The van der Waals surface area contributed by atoms with Crippen LogP contribution in [0.2, 0.25) is 0 Å². The third-order valence-corrected chi connectivity index (χ3v) is 4.15. The van der Waals surface area contributed by atoms with Gasteiger partial charge in [-0.25, -0.2) is 0 Å². The highest BCUT2D eigenvalue weighted by atomic mass is 79.9. The average molecular weight is 401 g/mol. The summed E-state index contributed by atoms with van der Waals surface area (Å²) < 4.78 is 1.70. The molecule has 2 nitrogen and oxygen atoms in total. The van der Waals surface area contributed by atoms with E-state index in [2.05, 4.69) is 49.8 Å². The predicted molar refractivity (Wildman–Crippen MR) is 87.9 cm³/mol. The number of carbonyl (C=O) groups is 1. The van der Waals surface area contributed by atoms with Crippen molar-refractivity contribution in [3.63, 3.8) is 0 Å². The lowest BCUT2D eigenvalue weighted by molar-refractivity contribution is -0.115. The molecule has 0 heterocycles. The number of para-hydroxylation sites is 1. The van der Waals surface area contributed by atoms with E-state index in [4.69, 9.17) is 0 Å². The highest BCUT2D eigenvalue weighted by Gasteiger charge is 2.09. The van der Waals surface area contributed by atoms with E-state index in [1.807, 2.05) is 42.5 Å². The first kappa shape index (κ1) is 14.6. The van der Waals surface area contributed by atoms with Gasteiger partial charge in [-0.05, 0) is 61.7 Å². The summed E-state index contributed by atoms with van der Waals surface area (Å²) >= 11 is 11.0. The van der Waals surface area contributed by atoms with Crippen molar-refractivity contribution in [3.05, 3.63) is 57.0 Å². The van der Waals surface area contributed by atoms with Gasteiger partial charge < -0.3 is 5.32 Å². The first-order valence-electron chi connectivity index (χ1n) is 5.58. The number of thiol groups is 1. The Labute approximate surface area is 134 Å². The minimum atomic E-state index is -0.0560. The van der Waals surface area contributed by atoms with Gasteiger partial charge in [-0.2, -0.15) is 0 Å². The zero-order valence-electron chi connectivity index (χ0n) is 9.86. The van der Waals surface area contributed by atoms with Gasteiger partial charge in [-0.3, -0.25) is 4.79 Å². The van der Waals surface area contributed by atoms with E-state index < -0.39 is 0 Å². The molecule has 0 aliphatic heterocycles. The smallest absolute Gasteiger partial charge is 0.228 e. The Balaban J connectivity index is 2.07. The molecule has 98 valence electrons. The van der Waals surface area contributed by atoms with Crippen LogP contribution in [0.25, 0.3) is 0 Å². The van der Waals surface area contributed by atoms with Gasteiger partial charge in [0, 0.05) is 13.8 Å². The molecule has 0 spiro atoms. The number of anilines is 1. The lowest BCUT2D eigenvalue weighted by Gasteiger charge is -2.09. The summed E-state index contributed by atoms with van der Waals surface area (Å²) in [5, 5.41) is 2.89. The Hall–Kier alpha value is -0.780. The quantitative estimate of drug-likeness (QED) is 0.719. The molecule has 0 bridgehead atoms. The average Bonchev–Trinajstić information content (AvgIpc) is 2.37. The molecule has 0 radical (unpaired) electrons. The normalized spacial score (nSPS) is 10.3. The van der Waals surface area contributed by atoms with Gasteiger partial charge in [-0.1, -0.05) is 18.2 Å². The maximum Gasteiger partial charge on any atom is 0.228 e. The van der Waals surface area contributed by atoms with Crippen molar-refractivity contribution in [2.24, 2.45) is 0 Å². The second-order valence-corrected chi connectivity index (χ2v) is 6.21. The van der Waals surface area contributed by atoms with E-state index in [1.165, 1.54) is 0 Å². The fraction of sp³-hybridized carbons (Fsp3) is 0.0714. The molecule has 0 saturated carbocycles. The first-order valence-corrected chi connectivity index (χ1v) is 7.61. The summed E-state index contributed by atoms with van der Waals surface area (Å²) in [6.07, 6.45) is 0.335. The molecule has 5 heteroatoms. The van der Waals surface area contributed by atoms with Crippen molar-refractivity contribution in [1.82, 2.24) is 0 Å². The van der Waals surface area contributed by atoms with Crippen LogP contribution in [0.3, 0.4) is 0 Å². The van der Waals surface area contributed by atoms with Crippen LogP contribution in [0.15, 0.2) is 56.3 Å². The topological polar surface area (TPSA) is 29.1 Å². The molecule has 0 atom stereocenters. The molecule has 19 heavy (non-hydrogen) atoms. The van der Waals surface area contributed by atoms with Crippen molar-refractivity contribution in [2.75, 3.05) is 5.32 Å². The summed E-state index contributed by atoms with van der Waals surface area (Å²) in [5.41, 5.74) is 1.71. The number of hydrogen-bond donors (Lipinski definition) is 2. The number of carbonyl (C=O) groups excluding carboxylic acids is 1. The summed E-state index contributed by atoms with van der Waals surface area (Å²) in [4.78, 5) is 12.9. The van der Waals surface area contributed by atoms with E-state index in [1.54, 1.807) is 0 Å². The molecule has 0 aromatic heterocycles. The summed E-state index contributed by atoms with van der Waals surface area (Å²) in [7, 11) is 0. The number of halogens is 2. The summed E-state index contributed by atoms with van der Waals surface area (Å²) in [6.45, 7) is 0. The van der Waals surface area contributed by atoms with E-state index in [0.29, 0.717) is 6.42 Å². The van der Waals surface area contributed by atoms with Gasteiger partial charge in [0.15, 0.2) is 0 Å². The van der Waals surface area contributed by atoms with Crippen LogP contribution in [0.4, 0.5) is 5.69 Å². The molecule has 0 fully saturated rings. The summed E-state index contributed by atoms with van der Waals surface area (Å²) in [6, 6.07) is 13.2. The van der Waals surface area contributed by atoms with Crippen LogP contribution in [0.1, 0.15) is 5.56 Å². The van der Waals surface area contributed by atoms with Crippen molar-refractivity contribution in [3.8, 4) is 0 Å². The molecule has 2 aromatic carbocycles. The highest BCUT2D eigenvalue weighted by Crippen LogP contribution is 2.30. The fourth-order valence-corrected chi connectivity index (χ4v) is 2.95. The van der Waals surface area contributed by atoms with Gasteiger partial charge in [0.25, 0.3) is 0 Å². The fourth-order valence-electron chi connectivity index (χ4n) is 1.60. The predicted octanol–water partition coefficient (Wildman–Crippen LogP) is 4.68. The number of benzene rings is 2. The van der Waals surface area contributed by atoms with Crippen molar-refractivity contribution in [2.45, 2.75) is 11.3 Å². The third kappa shape index (κ3) is 4.09. The zero-order valence-corrected chi connectivity index (χ0v) is 13.9. The maximum atomic E-state index is 12.0. The lowest BCUT2D eigenvalue weighted by atomic mass is 10.1. The summed E-state index contributed by atoms with van der Waals surface area (Å²) in [5.74, 6) is -0.0560. The molecule has 2 rings (SSSR count). The Kier molecular flexibility index (Phi) is 5.07. The highest BCUT2D eigenvalue weighted by molar-refractivity contribution is 9.11. The van der Waals surface area contributed by atoms with Crippen LogP contribution in [-0.4, -0.2) is 5.91 Å². The maximum absolute atomic E-state index is 12.0. The largest absolute Gasteiger partial charge is 0.324 e. The molecule has 0 aliphatic carbocycles. The Bertz CT molecular complexity index is 579. The molecule has 1 N–H and O–H groups in total. The van der Waals surface area contributed by atoms with Crippen molar-refractivity contribution < 1.29 is 4.79 Å². The number of nitrogens with one attached hydrogen (secondary N) is 1. The van der Waals surface area contributed by atoms with Crippen LogP contribution >= 0.6 is 44.5 Å². The minimum Gasteiger partial charge on any atom is -0.324 e. The molecular formula is C14H11Br2NOS. The third-order valence-electron chi connectivity index (χ3n) is 2.53.